The van der Waals surface area contributed by atoms with E-state index in [2.05, 4.69) is 27.1 Å². The summed E-state index contributed by atoms with van der Waals surface area (Å²) in [5.74, 6) is 0.0317. The summed E-state index contributed by atoms with van der Waals surface area (Å²) in [6.45, 7) is 4.62. The third kappa shape index (κ3) is 2.37. The van der Waals surface area contributed by atoms with Crippen LogP contribution in [0.2, 0.25) is 5.54 Å². The predicted octanol–water partition coefficient (Wildman–Crippen LogP) is 0.804. The van der Waals surface area contributed by atoms with Gasteiger partial charge in [-0.15, -0.1) is 6.58 Å². The Morgan fingerprint density at radius 1 is 1.47 bits per heavy atom. The van der Waals surface area contributed by atoms with Crippen molar-refractivity contribution in [3.05, 3.63) is 23.4 Å². The van der Waals surface area contributed by atoms with Crippen LogP contribution in [0.5, 0.6) is 0 Å². The van der Waals surface area contributed by atoms with Crippen molar-refractivity contribution in [2.45, 2.75) is 12.0 Å². The molecule has 90 valence electrons. The van der Waals surface area contributed by atoms with E-state index in [-0.39, 0.29) is 11.3 Å². The number of rotatable bonds is 6. The normalized spacial score (nSPS) is 28.9. The van der Waals surface area contributed by atoms with Crippen LogP contribution in [0.3, 0.4) is 0 Å². The van der Waals surface area contributed by atoms with Gasteiger partial charge in [-0.1, -0.05) is 6.08 Å². The lowest BCUT2D eigenvalue weighted by atomic mass is 9.78. The number of Topliss-reactive ketones (excluding diaryl/α,β-unsaturated/α-hetero) is 1. The lowest BCUT2D eigenvalue weighted by Crippen LogP contribution is -2.33. The highest BCUT2D eigenvalue weighted by Crippen LogP contribution is 2.49. The Labute approximate surface area is 109 Å². The van der Waals surface area contributed by atoms with Crippen LogP contribution < -0.4 is 0 Å². The molecule has 17 heavy (non-hydrogen) atoms. The molecule has 3 nitrogen and oxygen atoms in total. The number of hydrogen-bond acceptors (Lipinski definition) is 3. The zero-order valence-corrected chi connectivity index (χ0v) is 12.2. The van der Waals surface area contributed by atoms with Gasteiger partial charge in [0.05, 0.1) is 23.5 Å². The van der Waals surface area contributed by atoms with Gasteiger partial charge in [0.25, 0.3) is 0 Å². The van der Waals surface area contributed by atoms with Gasteiger partial charge in [-0.2, -0.15) is 0 Å². The van der Waals surface area contributed by atoms with Crippen molar-refractivity contribution >= 4 is 26.3 Å². The summed E-state index contributed by atoms with van der Waals surface area (Å²) >= 11 is 0. The van der Waals surface area contributed by atoms with Gasteiger partial charge in [0, 0.05) is 35.4 Å². The molecule has 0 aromatic carbocycles. The van der Waals surface area contributed by atoms with Crippen LogP contribution in [0.15, 0.2) is 23.4 Å². The second kappa shape index (κ2) is 5.90. The monoisotopic (exact) mass is 264 g/mol. The Bertz CT molecular complexity index is 352. The minimum Gasteiger partial charge on any atom is -0.384 e. The first-order valence-electron chi connectivity index (χ1n) is 5.34. The molecule has 2 atom stereocenters. The van der Waals surface area contributed by atoms with Crippen LogP contribution in [0.1, 0.15) is 6.42 Å². The van der Waals surface area contributed by atoms with Crippen molar-refractivity contribution in [3.8, 4) is 0 Å². The number of hydrogen-bond donors (Lipinski definition) is 0. The second-order valence-electron chi connectivity index (χ2n) is 4.17. The van der Waals surface area contributed by atoms with Crippen molar-refractivity contribution in [3.63, 3.8) is 0 Å². The fourth-order valence-corrected chi connectivity index (χ4v) is 3.44. The van der Waals surface area contributed by atoms with Crippen LogP contribution in [0.25, 0.3) is 0 Å². The summed E-state index contributed by atoms with van der Waals surface area (Å²) in [5, 5.41) is 0.589. The number of ether oxygens (including phenoxy) is 2. The van der Waals surface area contributed by atoms with Gasteiger partial charge < -0.3 is 9.47 Å². The molecule has 0 N–H and O–H groups in total. The molecule has 2 unspecified atom stereocenters. The number of ketones is 1. The van der Waals surface area contributed by atoms with Crippen molar-refractivity contribution in [2.75, 3.05) is 27.4 Å². The molecule has 0 saturated heterocycles. The molecule has 0 heterocycles. The zero-order valence-electron chi connectivity index (χ0n) is 10.2. The van der Waals surface area contributed by atoms with E-state index in [4.69, 9.17) is 9.47 Å². The maximum atomic E-state index is 12.1. The topological polar surface area (TPSA) is 35.5 Å². The van der Waals surface area contributed by atoms with E-state index >= 15 is 0 Å². The molecule has 0 fully saturated rings. The highest BCUT2D eigenvalue weighted by atomic mass is 28.1. The average Bonchev–Trinajstić information content (AvgIpc) is 2.47. The minimum atomic E-state index is -0.405. The maximum absolute atomic E-state index is 12.1. The van der Waals surface area contributed by atoms with E-state index in [1.807, 2.05) is 0 Å². The van der Waals surface area contributed by atoms with Gasteiger partial charge in [0.15, 0.2) is 5.78 Å². The summed E-state index contributed by atoms with van der Waals surface area (Å²) in [7, 11) is 10.2. The standard InChI is InChI=1S/C12H16O3Si2/c1-4-5-12(7-15-3)8(6-14-2)10(16)9(13)11(12)17/h4,11H,1,5-7H2,2-3H3. The molecule has 0 aliphatic heterocycles. The van der Waals surface area contributed by atoms with Crippen molar-refractivity contribution in [2.24, 2.45) is 5.41 Å². The summed E-state index contributed by atoms with van der Waals surface area (Å²) < 4.78 is 10.5. The average molecular weight is 264 g/mol. The molecule has 0 aromatic rings. The quantitative estimate of drug-likeness (QED) is 0.526. The van der Waals surface area contributed by atoms with E-state index < -0.39 is 5.41 Å². The molecule has 1 aliphatic carbocycles. The molecule has 0 bridgehead atoms. The summed E-state index contributed by atoms with van der Waals surface area (Å²) in [6.07, 6.45) is 2.47. The molecule has 0 aromatic heterocycles. The molecular formula is C12H16O3Si2. The molecule has 5 heteroatoms. The maximum Gasteiger partial charge on any atom is 0.154 e. The van der Waals surface area contributed by atoms with Gasteiger partial charge >= 0.3 is 0 Å². The van der Waals surface area contributed by atoms with Gasteiger partial charge in [-0.3, -0.25) is 4.79 Å². The summed E-state index contributed by atoms with van der Waals surface area (Å²) in [6, 6.07) is 0. The number of carbonyl (C=O) groups is 1. The Balaban J connectivity index is 3.22. The molecular weight excluding hydrogens is 248 g/mol. The Morgan fingerprint density at radius 3 is 2.59 bits per heavy atom. The fraction of sp³-hybridized carbons (Fsp3) is 0.583. The largest absolute Gasteiger partial charge is 0.384 e. The number of methoxy groups -OCH3 is 2. The highest BCUT2D eigenvalue weighted by Gasteiger charge is 2.48. The fourth-order valence-electron chi connectivity index (χ4n) is 2.31. The Morgan fingerprint density at radius 2 is 2.12 bits per heavy atom. The van der Waals surface area contributed by atoms with Crippen LogP contribution >= 0.6 is 0 Å². The molecule has 0 spiro atoms. The zero-order chi connectivity index (χ0) is 13.1. The van der Waals surface area contributed by atoms with E-state index in [0.717, 1.165) is 5.57 Å². The number of allylic oxidation sites excluding steroid dienone is 2. The minimum absolute atomic E-state index is 0.0317. The van der Waals surface area contributed by atoms with Crippen LogP contribution in [-0.4, -0.2) is 53.7 Å². The van der Waals surface area contributed by atoms with Crippen molar-refractivity contribution in [1.82, 2.24) is 0 Å². The first kappa shape index (κ1) is 14.6. The van der Waals surface area contributed by atoms with Gasteiger partial charge in [-0.25, -0.2) is 0 Å². The predicted molar refractivity (Wildman–Crippen MR) is 68.3 cm³/mol. The third-order valence-corrected chi connectivity index (χ3v) is 4.53. The Hall–Kier alpha value is -0.496. The molecule has 0 saturated carbocycles. The first-order valence-corrected chi connectivity index (χ1v) is 6.42. The molecule has 1 rings (SSSR count). The molecule has 1 aliphatic rings. The van der Waals surface area contributed by atoms with Crippen LogP contribution in [0.4, 0.5) is 0 Å². The third-order valence-electron chi connectivity index (χ3n) is 3.16. The van der Waals surface area contributed by atoms with Crippen LogP contribution in [-0.2, 0) is 14.3 Å². The number of carbonyl (C=O) groups excluding carboxylic acids is 1. The van der Waals surface area contributed by atoms with Gasteiger partial charge in [0.2, 0.25) is 0 Å². The SMILES string of the molecule is C=CCC1(COC)C(COC)=C([Si])C(=O)C1[Si]. The van der Waals surface area contributed by atoms with Crippen molar-refractivity contribution in [1.29, 1.82) is 0 Å². The molecule has 0 amide bonds. The summed E-state index contributed by atoms with van der Waals surface area (Å²) in [5.41, 5.74) is 0.221. The van der Waals surface area contributed by atoms with Crippen LogP contribution in [0, 0.1) is 5.41 Å². The first-order chi connectivity index (χ1) is 8.05. The lowest BCUT2D eigenvalue weighted by Gasteiger charge is -2.34. The highest BCUT2D eigenvalue weighted by molar-refractivity contribution is 6.45. The van der Waals surface area contributed by atoms with E-state index in [1.165, 1.54) is 0 Å². The van der Waals surface area contributed by atoms with Crippen molar-refractivity contribution < 1.29 is 14.3 Å². The summed E-state index contributed by atoms with van der Waals surface area (Å²) in [4.78, 5) is 12.1. The smallest absolute Gasteiger partial charge is 0.154 e. The van der Waals surface area contributed by atoms with E-state index in [0.29, 0.717) is 24.8 Å². The van der Waals surface area contributed by atoms with E-state index in [9.17, 15) is 4.79 Å². The second-order valence-corrected chi connectivity index (χ2v) is 5.24. The lowest BCUT2D eigenvalue weighted by molar-refractivity contribution is -0.115. The van der Waals surface area contributed by atoms with Gasteiger partial charge in [-0.05, 0) is 17.2 Å². The van der Waals surface area contributed by atoms with E-state index in [1.54, 1.807) is 20.3 Å². The van der Waals surface area contributed by atoms with Gasteiger partial charge in [0.1, 0.15) is 0 Å². The molecule has 6 radical (unpaired) electrons. The Kier molecular flexibility index (Phi) is 5.06.